The number of carbonyl (C=O) groups excluding carboxylic acids is 1. The third-order valence-corrected chi connectivity index (χ3v) is 3.95. The zero-order valence-corrected chi connectivity index (χ0v) is 11.4. The fraction of sp³-hybridized carbons (Fsp3) is 0.917. The molecule has 0 radical (unpaired) electrons. The van der Waals surface area contributed by atoms with Crippen LogP contribution in [-0.4, -0.2) is 38.3 Å². The zero-order valence-electron chi connectivity index (χ0n) is 10.6. The van der Waals surface area contributed by atoms with Crippen LogP contribution in [0, 0.1) is 11.3 Å². The van der Waals surface area contributed by atoms with E-state index in [-0.39, 0.29) is 24.4 Å². The predicted octanol–water partition coefficient (Wildman–Crippen LogP) is 0.949. The van der Waals surface area contributed by atoms with E-state index in [0.29, 0.717) is 24.5 Å². The monoisotopic (exact) mass is 262 g/mol. The quantitative estimate of drug-likeness (QED) is 0.793. The number of rotatable bonds is 4. The summed E-state index contributed by atoms with van der Waals surface area (Å²) in [6.07, 6.45) is 2.19. The molecule has 100 valence electrons. The molecule has 0 aromatic rings. The van der Waals surface area contributed by atoms with Gasteiger partial charge in [0.05, 0.1) is 6.61 Å². The number of carbonyl (C=O) groups is 1. The van der Waals surface area contributed by atoms with Gasteiger partial charge in [-0.05, 0) is 24.2 Å². The van der Waals surface area contributed by atoms with Crippen molar-refractivity contribution >= 4 is 18.3 Å². The van der Waals surface area contributed by atoms with E-state index in [2.05, 4.69) is 24.5 Å². The lowest BCUT2D eigenvalue weighted by Crippen LogP contribution is -2.49. The molecule has 1 aliphatic carbocycles. The maximum atomic E-state index is 11.8. The smallest absolute Gasteiger partial charge is 0.250 e. The number of morpholine rings is 1. The highest BCUT2D eigenvalue weighted by molar-refractivity contribution is 5.85. The Bertz CT molecular complexity index is 261. The summed E-state index contributed by atoms with van der Waals surface area (Å²) in [5.74, 6) is 0.692. The largest absolute Gasteiger partial charge is 0.366 e. The Morgan fingerprint density at radius 2 is 2.24 bits per heavy atom. The SMILES string of the molecule is CC(C)C1(CNC(=O)C2CNCCO2)CC1.Cl. The molecule has 17 heavy (non-hydrogen) atoms. The summed E-state index contributed by atoms with van der Waals surface area (Å²) >= 11 is 0. The molecule has 2 N–H and O–H groups in total. The molecule has 1 unspecified atom stereocenters. The van der Waals surface area contributed by atoms with Crippen molar-refractivity contribution in [2.24, 2.45) is 11.3 Å². The summed E-state index contributed by atoms with van der Waals surface area (Å²) < 4.78 is 5.41. The van der Waals surface area contributed by atoms with Gasteiger partial charge in [-0.25, -0.2) is 0 Å². The van der Waals surface area contributed by atoms with Crippen molar-refractivity contribution in [1.29, 1.82) is 0 Å². The van der Waals surface area contributed by atoms with E-state index in [0.717, 1.165) is 13.1 Å². The van der Waals surface area contributed by atoms with Gasteiger partial charge in [-0.1, -0.05) is 13.8 Å². The Hall–Kier alpha value is -0.320. The first-order valence-electron chi connectivity index (χ1n) is 6.24. The Morgan fingerprint density at radius 1 is 1.53 bits per heavy atom. The van der Waals surface area contributed by atoms with Crippen molar-refractivity contribution < 1.29 is 9.53 Å². The number of hydrogen-bond acceptors (Lipinski definition) is 3. The van der Waals surface area contributed by atoms with Crippen LogP contribution in [0.2, 0.25) is 0 Å². The lowest BCUT2D eigenvalue weighted by Gasteiger charge is -2.25. The van der Waals surface area contributed by atoms with Crippen LogP contribution in [0.4, 0.5) is 0 Å². The topological polar surface area (TPSA) is 50.4 Å². The van der Waals surface area contributed by atoms with Gasteiger partial charge in [0.15, 0.2) is 0 Å². The molecule has 1 aliphatic heterocycles. The van der Waals surface area contributed by atoms with Crippen LogP contribution < -0.4 is 10.6 Å². The predicted molar refractivity (Wildman–Crippen MR) is 69.4 cm³/mol. The molecule has 0 aromatic carbocycles. The summed E-state index contributed by atoms with van der Waals surface area (Å²) in [5, 5.41) is 6.20. The number of amides is 1. The molecule has 2 rings (SSSR count). The first-order valence-corrected chi connectivity index (χ1v) is 6.24. The molecule has 0 bridgehead atoms. The third kappa shape index (κ3) is 3.57. The van der Waals surface area contributed by atoms with Crippen LogP contribution in [0.15, 0.2) is 0 Å². The van der Waals surface area contributed by atoms with Gasteiger partial charge >= 0.3 is 0 Å². The Kier molecular flexibility index (Phi) is 5.22. The maximum absolute atomic E-state index is 11.8. The van der Waals surface area contributed by atoms with Gasteiger partial charge in [-0.3, -0.25) is 4.79 Å². The second-order valence-electron chi connectivity index (χ2n) is 5.30. The molecule has 4 nitrogen and oxygen atoms in total. The molecule has 2 fully saturated rings. The molecule has 0 aromatic heterocycles. The fourth-order valence-electron chi connectivity index (χ4n) is 2.23. The number of ether oxygens (including phenoxy) is 1. The van der Waals surface area contributed by atoms with Crippen LogP contribution in [-0.2, 0) is 9.53 Å². The highest BCUT2D eigenvalue weighted by Gasteiger charge is 2.45. The standard InChI is InChI=1S/C12H22N2O2.ClH/c1-9(2)12(3-4-12)8-14-11(15)10-7-13-5-6-16-10;/h9-10,13H,3-8H2,1-2H3,(H,14,15);1H. The molecular formula is C12H23ClN2O2. The average molecular weight is 263 g/mol. The first-order chi connectivity index (χ1) is 7.64. The number of halogens is 1. The zero-order chi connectivity index (χ0) is 11.6. The van der Waals surface area contributed by atoms with E-state index in [1.54, 1.807) is 0 Å². The van der Waals surface area contributed by atoms with Crippen molar-refractivity contribution in [1.82, 2.24) is 10.6 Å². The first kappa shape index (κ1) is 14.7. The van der Waals surface area contributed by atoms with E-state index >= 15 is 0 Å². The van der Waals surface area contributed by atoms with Crippen LogP contribution in [0.3, 0.4) is 0 Å². The minimum absolute atomic E-state index is 0. The second kappa shape index (κ2) is 6.03. The second-order valence-corrected chi connectivity index (χ2v) is 5.30. The van der Waals surface area contributed by atoms with Gasteiger partial charge < -0.3 is 15.4 Å². The van der Waals surface area contributed by atoms with Crippen molar-refractivity contribution in [3.8, 4) is 0 Å². The van der Waals surface area contributed by atoms with Gasteiger partial charge in [0.1, 0.15) is 6.10 Å². The highest BCUT2D eigenvalue weighted by Crippen LogP contribution is 2.51. The third-order valence-electron chi connectivity index (χ3n) is 3.95. The normalized spacial score (nSPS) is 26.2. The highest BCUT2D eigenvalue weighted by atomic mass is 35.5. The molecule has 1 amide bonds. The van der Waals surface area contributed by atoms with E-state index < -0.39 is 0 Å². The van der Waals surface area contributed by atoms with E-state index in [1.807, 2.05) is 0 Å². The van der Waals surface area contributed by atoms with Crippen molar-refractivity contribution in [3.05, 3.63) is 0 Å². The molecule has 1 saturated heterocycles. The lowest BCUT2D eigenvalue weighted by atomic mass is 9.92. The Balaban J connectivity index is 0.00000144. The molecule has 1 saturated carbocycles. The summed E-state index contributed by atoms with van der Waals surface area (Å²) in [6.45, 7) is 7.40. The van der Waals surface area contributed by atoms with Gasteiger partial charge in [-0.2, -0.15) is 0 Å². The van der Waals surface area contributed by atoms with Gasteiger partial charge in [0.2, 0.25) is 5.91 Å². The summed E-state index contributed by atoms with van der Waals surface area (Å²) in [5.41, 5.74) is 0.373. The van der Waals surface area contributed by atoms with Gasteiger partial charge in [0.25, 0.3) is 0 Å². The average Bonchev–Trinajstić information content (AvgIpc) is 3.08. The van der Waals surface area contributed by atoms with Crippen LogP contribution in [0.1, 0.15) is 26.7 Å². The van der Waals surface area contributed by atoms with E-state index in [9.17, 15) is 4.79 Å². The number of hydrogen-bond donors (Lipinski definition) is 2. The maximum Gasteiger partial charge on any atom is 0.250 e. The van der Waals surface area contributed by atoms with E-state index in [4.69, 9.17) is 4.74 Å². The molecule has 5 heteroatoms. The van der Waals surface area contributed by atoms with Crippen molar-refractivity contribution in [2.75, 3.05) is 26.2 Å². The van der Waals surface area contributed by atoms with Crippen LogP contribution >= 0.6 is 12.4 Å². The summed E-state index contributed by atoms with van der Waals surface area (Å²) in [7, 11) is 0. The van der Waals surface area contributed by atoms with Crippen LogP contribution in [0.25, 0.3) is 0 Å². The fourth-order valence-corrected chi connectivity index (χ4v) is 2.23. The molecular weight excluding hydrogens is 240 g/mol. The van der Waals surface area contributed by atoms with Crippen molar-refractivity contribution in [3.63, 3.8) is 0 Å². The molecule has 1 heterocycles. The minimum Gasteiger partial charge on any atom is -0.366 e. The van der Waals surface area contributed by atoms with Gasteiger partial charge in [0, 0.05) is 19.6 Å². The Labute approximate surface area is 109 Å². The minimum atomic E-state index is -0.295. The van der Waals surface area contributed by atoms with Crippen molar-refractivity contribution in [2.45, 2.75) is 32.8 Å². The molecule has 0 spiro atoms. The van der Waals surface area contributed by atoms with E-state index in [1.165, 1.54) is 12.8 Å². The Morgan fingerprint density at radius 3 is 2.71 bits per heavy atom. The molecule has 1 atom stereocenters. The number of nitrogens with one attached hydrogen (secondary N) is 2. The van der Waals surface area contributed by atoms with Gasteiger partial charge in [-0.15, -0.1) is 12.4 Å². The summed E-state index contributed by atoms with van der Waals surface area (Å²) in [6, 6.07) is 0. The summed E-state index contributed by atoms with van der Waals surface area (Å²) in [4.78, 5) is 11.8. The van der Waals surface area contributed by atoms with Crippen LogP contribution in [0.5, 0.6) is 0 Å². The molecule has 2 aliphatic rings. The lowest BCUT2D eigenvalue weighted by molar-refractivity contribution is -0.134.